The van der Waals surface area contributed by atoms with Crippen LogP contribution >= 0.6 is 23.5 Å². The first-order valence-corrected chi connectivity index (χ1v) is 12.7. The number of aryl methyl sites for hydroxylation is 1. The van der Waals surface area contributed by atoms with Crippen molar-refractivity contribution in [1.29, 1.82) is 0 Å². The predicted molar refractivity (Wildman–Crippen MR) is 102 cm³/mol. The maximum atomic E-state index is 11.8. The van der Waals surface area contributed by atoms with Gasteiger partial charge < -0.3 is 42.0 Å². The molecule has 0 bridgehead atoms. The largest absolute Gasteiger partial charge is 1.00 e. The molecule has 192 valence electrons. The Bertz CT molecular complexity index is 1110. The summed E-state index contributed by atoms with van der Waals surface area (Å²) in [6.45, 7) is 0.743. The fraction of sp³-hybridized carbons (Fsp3) is 0.500. The molecule has 17 nitrogen and oxygen atoms in total. The van der Waals surface area contributed by atoms with Crippen LogP contribution in [0.15, 0.2) is 12.7 Å². The van der Waals surface area contributed by atoms with Crippen molar-refractivity contribution in [1.82, 2.24) is 19.5 Å². The molecule has 0 aliphatic carbocycles. The van der Waals surface area contributed by atoms with Gasteiger partial charge >= 0.3 is 40.5 Å². The van der Waals surface area contributed by atoms with E-state index in [1.165, 1.54) is 17.2 Å². The molecule has 2 aromatic rings. The van der Waals surface area contributed by atoms with Crippen molar-refractivity contribution in [3.05, 3.63) is 25.8 Å². The number of rotatable bonds is 8. The van der Waals surface area contributed by atoms with Gasteiger partial charge in [0.2, 0.25) is 0 Å². The van der Waals surface area contributed by atoms with Crippen LogP contribution in [0.3, 0.4) is 0 Å². The maximum absolute atomic E-state index is 11.8. The number of ether oxygens (including phenoxy) is 1. The van der Waals surface area contributed by atoms with Crippen molar-refractivity contribution in [3.8, 4) is 0 Å². The predicted octanol–water partition coefficient (Wildman–Crippen LogP) is -0.455. The summed E-state index contributed by atoms with van der Waals surface area (Å²) >= 11 is 0. The van der Waals surface area contributed by atoms with Gasteiger partial charge in [0.1, 0.15) is 30.2 Å². The van der Waals surface area contributed by atoms with Gasteiger partial charge in [0.15, 0.2) is 11.9 Å². The van der Waals surface area contributed by atoms with Crippen LogP contribution < -0.4 is 0 Å². The summed E-state index contributed by atoms with van der Waals surface area (Å²) in [6.07, 6.45) is -3.33. The van der Waals surface area contributed by atoms with E-state index in [0.29, 0.717) is 11.2 Å². The molecule has 21 heteroatoms. The van der Waals surface area contributed by atoms with E-state index in [1.807, 2.05) is 0 Å². The van der Waals surface area contributed by atoms with Gasteiger partial charge in [-0.3, -0.25) is 9.09 Å². The van der Waals surface area contributed by atoms with Crippen molar-refractivity contribution in [2.24, 2.45) is 0 Å². The van der Waals surface area contributed by atoms with Gasteiger partial charge in [0.25, 0.3) is 0 Å². The first kappa shape index (κ1) is 30.4. The third-order valence-corrected chi connectivity index (χ3v) is 7.77. The fourth-order valence-electron chi connectivity index (χ4n) is 2.72. The summed E-state index contributed by atoms with van der Waals surface area (Å²) < 4.78 is 52.1. The molecule has 3 rings (SSSR count). The minimum absolute atomic E-state index is 0. The molecular weight excluding hydrogens is 565 g/mol. The first-order valence-electron chi connectivity index (χ1n) is 8.13. The number of hydrogen-bond acceptors (Lipinski definition) is 12. The third-order valence-electron chi connectivity index (χ3n) is 3.97. The molecule has 1 saturated heterocycles. The van der Waals surface area contributed by atoms with Crippen molar-refractivity contribution >= 4 is 34.6 Å². The van der Waals surface area contributed by atoms with E-state index >= 15 is 0 Å². The van der Waals surface area contributed by atoms with E-state index in [1.54, 1.807) is 6.92 Å². The Balaban J connectivity index is 0.00000272. The molecule has 1 aliphatic heterocycles. The SMILES string of the molecule is Cc1ncnc2c1ncn2C1OC(COP(=O)(O)OP(=O)(O)OP(=O)(O)O)C(O)C1O.[CH3-].[Cu+]. The molecule has 6 unspecified atom stereocenters. The van der Waals surface area contributed by atoms with Gasteiger partial charge in [-0.05, 0) is 6.92 Å². The minimum Gasteiger partial charge on any atom is -0.387 e. The summed E-state index contributed by atoms with van der Waals surface area (Å²) in [5.74, 6) is 0. The van der Waals surface area contributed by atoms with E-state index in [-0.39, 0.29) is 30.1 Å². The zero-order valence-electron chi connectivity index (χ0n) is 16.6. The number of aliphatic hydroxyl groups excluding tert-OH is 2. The van der Waals surface area contributed by atoms with Crippen LogP contribution in [0.25, 0.3) is 11.2 Å². The first-order chi connectivity index (χ1) is 14.2. The molecule has 0 aromatic carbocycles. The number of nitrogens with zero attached hydrogens (tertiary/aromatic N) is 4. The van der Waals surface area contributed by atoms with E-state index < -0.39 is 54.6 Å². The molecule has 1 fully saturated rings. The molecule has 6 atom stereocenters. The summed E-state index contributed by atoms with van der Waals surface area (Å²) in [6, 6.07) is 0. The van der Waals surface area contributed by atoms with Gasteiger partial charge in [-0.15, -0.1) is 0 Å². The molecule has 33 heavy (non-hydrogen) atoms. The number of phosphoric acid groups is 3. The second-order valence-electron chi connectivity index (χ2n) is 6.22. The van der Waals surface area contributed by atoms with Gasteiger partial charge in [0.05, 0.1) is 18.6 Å². The molecule has 6 N–H and O–H groups in total. The van der Waals surface area contributed by atoms with Crippen LogP contribution in [-0.2, 0) is 48.6 Å². The summed E-state index contributed by atoms with van der Waals surface area (Å²) in [4.78, 5) is 47.7. The molecular formula is C12H20CuN4O13P3. The van der Waals surface area contributed by atoms with Crippen molar-refractivity contribution < 1.29 is 78.4 Å². The van der Waals surface area contributed by atoms with Crippen molar-refractivity contribution in [3.63, 3.8) is 0 Å². The molecule has 0 amide bonds. The average molecular weight is 585 g/mol. The van der Waals surface area contributed by atoms with Crippen molar-refractivity contribution in [2.45, 2.75) is 31.5 Å². The number of imidazole rings is 1. The van der Waals surface area contributed by atoms with Crippen LogP contribution in [0.4, 0.5) is 0 Å². The molecule has 0 radical (unpaired) electrons. The van der Waals surface area contributed by atoms with Gasteiger partial charge in [-0.25, -0.2) is 28.6 Å². The second kappa shape index (κ2) is 11.0. The van der Waals surface area contributed by atoms with Crippen LogP contribution in [0.2, 0.25) is 0 Å². The zero-order chi connectivity index (χ0) is 23.2. The number of fused-ring (bicyclic) bond motifs is 1. The van der Waals surface area contributed by atoms with Crippen LogP contribution in [0.5, 0.6) is 0 Å². The van der Waals surface area contributed by atoms with Gasteiger partial charge in [0, 0.05) is 0 Å². The Kier molecular flexibility index (Phi) is 10.1. The number of hydrogen-bond donors (Lipinski definition) is 6. The van der Waals surface area contributed by atoms with Crippen LogP contribution in [-0.4, -0.2) is 74.2 Å². The maximum Gasteiger partial charge on any atom is 1.00 e. The number of phosphoric ester groups is 1. The molecule has 0 spiro atoms. The Hall–Kier alpha value is -0.641. The Labute approximate surface area is 196 Å². The summed E-state index contributed by atoms with van der Waals surface area (Å²) in [5, 5.41) is 20.5. The van der Waals surface area contributed by atoms with E-state index in [9.17, 15) is 28.8 Å². The van der Waals surface area contributed by atoms with Crippen molar-refractivity contribution in [2.75, 3.05) is 6.61 Å². The molecule has 2 aromatic heterocycles. The average Bonchev–Trinajstić information content (AvgIpc) is 3.13. The normalized spacial score (nSPS) is 26.8. The monoisotopic (exact) mass is 584 g/mol. The number of aliphatic hydroxyl groups is 2. The quantitative estimate of drug-likeness (QED) is 0.130. The molecule has 0 saturated carbocycles. The Morgan fingerprint density at radius 3 is 2.27 bits per heavy atom. The Morgan fingerprint density at radius 2 is 1.67 bits per heavy atom. The standard InChI is InChI=1S/C11H17N4O13P3.CH3.Cu/c1-5-7-10(13-3-12-5)15(4-14-7)11-9(17)8(16)6(26-11)2-25-30(21,22)28-31(23,24)27-29(18,19)20;;/h3-4,6,8-9,11,16-17H,2H2,1H3,(H,21,22)(H,23,24)(H2,18,19,20);1H3;/q;-1;+1. The van der Waals surface area contributed by atoms with Crippen LogP contribution in [0.1, 0.15) is 11.9 Å². The topological polar surface area (TPSA) is 253 Å². The van der Waals surface area contributed by atoms with Gasteiger partial charge in [-0.2, -0.15) is 8.62 Å². The van der Waals surface area contributed by atoms with Gasteiger partial charge in [-0.1, -0.05) is 0 Å². The third kappa shape index (κ3) is 7.42. The number of aromatic nitrogens is 4. The second-order valence-corrected chi connectivity index (χ2v) is 10.6. The summed E-state index contributed by atoms with van der Waals surface area (Å²) in [5.41, 5.74) is 1.22. The minimum atomic E-state index is -5.69. The smallest absolute Gasteiger partial charge is 0.387 e. The van der Waals surface area contributed by atoms with Crippen LogP contribution in [0, 0.1) is 14.4 Å². The van der Waals surface area contributed by atoms with E-state index in [2.05, 4.69) is 28.1 Å². The zero-order valence-corrected chi connectivity index (χ0v) is 20.3. The fourth-order valence-corrected chi connectivity index (χ4v) is 5.75. The molecule has 3 heterocycles. The summed E-state index contributed by atoms with van der Waals surface area (Å²) in [7, 11) is -16.6. The van der Waals surface area contributed by atoms with E-state index in [0.717, 1.165) is 0 Å². The Morgan fingerprint density at radius 1 is 1.03 bits per heavy atom. The van der Waals surface area contributed by atoms with E-state index in [4.69, 9.17) is 19.4 Å². The molecule has 1 aliphatic rings.